The maximum Gasteiger partial charge on any atom is 0.187 e. The first kappa shape index (κ1) is 15.1. The first-order valence-corrected chi connectivity index (χ1v) is 6.68. The molecule has 2 aliphatic rings. The topological polar surface area (TPSA) is 91.7 Å². The van der Waals surface area contributed by atoms with Crippen molar-refractivity contribution in [1.29, 1.82) is 0 Å². The molecule has 0 bridgehead atoms. The Kier molecular flexibility index (Phi) is 3.08. The third kappa shape index (κ3) is 1.73. The molecule has 2 N–H and O–H groups in total. The summed E-state index contributed by atoms with van der Waals surface area (Å²) in [5.41, 5.74) is -3.59. The average Bonchev–Trinajstić information content (AvgIpc) is 2.45. The van der Waals surface area contributed by atoms with Gasteiger partial charge in [-0.1, -0.05) is 20.8 Å². The molecule has 0 saturated heterocycles. The van der Waals surface area contributed by atoms with Crippen LogP contribution in [0.3, 0.4) is 0 Å². The van der Waals surface area contributed by atoms with Gasteiger partial charge in [0.25, 0.3) is 0 Å². The summed E-state index contributed by atoms with van der Waals surface area (Å²) in [5, 5.41) is 20.1. The number of aliphatic hydroxyl groups is 2. The molecule has 2 aliphatic carbocycles. The molecular weight excluding hydrogens is 260 g/mol. The van der Waals surface area contributed by atoms with E-state index < -0.39 is 28.3 Å². The molecular formula is C15H20O5. The second-order valence-corrected chi connectivity index (χ2v) is 6.77. The fraction of sp³-hybridized carbons (Fsp3) is 0.667. The molecule has 110 valence electrons. The Balaban J connectivity index is 2.58. The van der Waals surface area contributed by atoms with Crippen molar-refractivity contribution in [2.24, 2.45) is 10.8 Å². The van der Waals surface area contributed by atoms with Crippen LogP contribution in [-0.2, 0) is 14.4 Å². The number of ketones is 3. The molecule has 3 atom stereocenters. The van der Waals surface area contributed by atoms with Gasteiger partial charge >= 0.3 is 0 Å². The highest BCUT2D eigenvalue weighted by Gasteiger charge is 2.61. The third-order valence-corrected chi connectivity index (χ3v) is 5.21. The molecule has 0 spiro atoms. The van der Waals surface area contributed by atoms with Crippen molar-refractivity contribution in [1.82, 2.24) is 0 Å². The fourth-order valence-electron chi connectivity index (χ4n) is 3.16. The van der Waals surface area contributed by atoms with Crippen LogP contribution < -0.4 is 0 Å². The van der Waals surface area contributed by atoms with Gasteiger partial charge in [-0.2, -0.15) is 0 Å². The number of carbonyl (C=O) groups excluding carboxylic acids is 3. The number of hydrogen-bond acceptors (Lipinski definition) is 5. The Morgan fingerprint density at radius 3 is 2.15 bits per heavy atom. The normalized spacial score (nSPS) is 41.0. The Morgan fingerprint density at radius 1 is 1.15 bits per heavy atom. The molecule has 0 aromatic rings. The van der Waals surface area contributed by atoms with Crippen molar-refractivity contribution in [3.8, 4) is 0 Å². The highest BCUT2D eigenvalue weighted by Crippen LogP contribution is 2.55. The van der Waals surface area contributed by atoms with Crippen LogP contribution >= 0.6 is 0 Å². The predicted octanol–water partition coefficient (Wildman–Crippen LogP) is 0.572. The zero-order valence-electron chi connectivity index (χ0n) is 12.2. The quantitative estimate of drug-likeness (QED) is 0.732. The maximum atomic E-state index is 12.3. The molecule has 0 amide bonds. The summed E-state index contributed by atoms with van der Waals surface area (Å²) < 4.78 is 0. The molecule has 0 aromatic carbocycles. The van der Waals surface area contributed by atoms with Crippen LogP contribution in [0, 0.1) is 10.8 Å². The largest absolute Gasteiger partial charge is 0.392 e. The van der Waals surface area contributed by atoms with Gasteiger partial charge in [0, 0.05) is 29.2 Å². The minimum atomic E-state index is -1.70. The molecule has 1 unspecified atom stereocenters. The van der Waals surface area contributed by atoms with Gasteiger partial charge in [-0.15, -0.1) is 0 Å². The van der Waals surface area contributed by atoms with Crippen molar-refractivity contribution in [3.63, 3.8) is 0 Å². The summed E-state index contributed by atoms with van der Waals surface area (Å²) in [4.78, 5) is 36.3. The lowest BCUT2D eigenvalue weighted by Crippen LogP contribution is -2.49. The molecule has 0 heterocycles. The van der Waals surface area contributed by atoms with Crippen LogP contribution in [0.4, 0.5) is 0 Å². The van der Waals surface area contributed by atoms with Gasteiger partial charge in [0.15, 0.2) is 11.6 Å². The summed E-state index contributed by atoms with van der Waals surface area (Å²) >= 11 is 0. The van der Waals surface area contributed by atoms with Crippen molar-refractivity contribution in [2.75, 3.05) is 0 Å². The third-order valence-electron chi connectivity index (χ3n) is 5.21. The van der Waals surface area contributed by atoms with Gasteiger partial charge in [-0.05, 0) is 13.0 Å². The second kappa shape index (κ2) is 4.09. The molecule has 5 heteroatoms. The standard InChI is InChI=1S/C15H20O5/c1-13(2)10(17)6-12(19)15(13,4)8-5-11(18)14(3,20)7-9(8)16/h5,12,19-20H,6-7H2,1-4H3/t12-,14?,15+/m1/s1. The van der Waals surface area contributed by atoms with Crippen molar-refractivity contribution >= 4 is 17.3 Å². The molecule has 1 fully saturated rings. The molecule has 2 rings (SSSR count). The van der Waals surface area contributed by atoms with Gasteiger partial charge < -0.3 is 10.2 Å². The average molecular weight is 280 g/mol. The molecule has 5 nitrogen and oxygen atoms in total. The number of carbonyl (C=O) groups is 3. The van der Waals surface area contributed by atoms with Crippen LogP contribution in [0.2, 0.25) is 0 Å². The first-order valence-electron chi connectivity index (χ1n) is 6.68. The van der Waals surface area contributed by atoms with Gasteiger partial charge in [-0.25, -0.2) is 0 Å². The minimum Gasteiger partial charge on any atom is -0.392 e. The Morgan fingerprint density at radius 2 is 1.70 bits per heavy atom. The molecule has 0 aromatic heterocycles. The molecule has 20 heavy (non-hydrogen) atoms. The Hall–Kier alpha value is -1.33. The van der Waals surface area contributed by atoms with Crippen LogP contribution in [-0.4, -0.2) is 39.3 Å². The number of aliphatic hydroxyl groups excluding tert-OH is 1. The van der Waals surface area contributed by atoms with E-state index in [0.29, 0.717) is 0 Å². The van der Waals surface area contributed by atoms with E-state index in [2.05, 4.69) is 0 Å². The van der Waals surface area contributed by atoms with E-state index >= 15 is 0 Å². The summed E-state index contributed by atoms with van der Waals surface area (Å²) in [6.07, 6.45) is -0.241. The number of Topliss-reactive ketones (excluding diaryl/α,β-unsaturated/α-hetero) is 2. The van der Waals surface area contributed by atoms with E-state index in [1.807, 2.05) is 0 Å². The lowest BCUT2D eigenvalue weighted by atomic mass is 9.60. The Labute approximate surface area is 117 Å². The van der Waals surface area contributed by atoms with Gasteiger partial charge in [0.05, 0.1) is 6.10 Å². The van der Waals surface area contributed by atoms with Crippen LogP contribution in [0.25, 0.3) is 0 Å². The van der Waals surface area contributed by atoms with E-state index in [-0.39, 0.29) is 30.0 Å². The van der Waals surface area contributed by atoms with Gasteiger partial charge in [0.1, 0.15) is 11.4 Å². The minimum absolute atomic E-state index is 0.0291. The number of hydrogen-bond donors (Lipinski definition) is 2. The summed E-state index contributed by atoms with van der Waals surface area (Å²) in [6.45, 7) is 6.29. The smallest absolute Gasteiger partial charge is 0.187 e. The molecule has 0 radical (unpaired) electrons. The van der Waals surface area contributed by atoms with Crippen LogP contribution in [0.15, 0.2) is 11.6 Å². The number of rotatable bonds is 1. The molecule has 0 aliphatic heterocycles. The van der Waals surface area contributed by atoms with Crippen molar-refractivity contribution < 1.29 is 24.6 Å². The highest BCUT2D eigenvalue weighted by atomic mass is 16.3. The molecule has 1 saturated carbocycles. The summed E-state index contributed by atoms with van der Waals surface area (Å²) in [6, 6.07) is 0. The van der Waals surface area contributed by atoms with E-state index in [0.717, 1.165) is 6.08 Å². The fourth-order valence-corrected chi connectivity index (χ4v) is 3.16. The Bertz CT molecular complexity index is 540. The van der Waals surface area contributed by atoms with E-state index in [1.165, 1.54) is 6.92 Å². The van der Waals surface area contributed by atoms with E-state index in [4.69, 9.17) is 0 Å². The van der Waals surface area contributed by atoms with Crippen LogP contribution in [0.5, 0.6) is 0 Å². The predicted molar refractivity (Wildman–Crippen MR) is 70.9 cm³/mol. The summed E-state index contributed by atoms with van der Waals surface area (Å²) in [5.74, 6) is -1.08. The lowest BCUT2D eigenvalue weighted by molar-refractivity contribution is -0.139. The second-order valence-electron chi connectivity index (χ2n) is 6.77. The van der Waals surface area contributed by atoms with Crippen molar-refractivity contribution in [3.05, 3.63) is 11.6 Å². The van der Waals surface area contributed by atoms with Crippen molar-refractivity contribution in [2.45, 2.75) is 52.2 Å². The zero-order chi connectivity index (χ0) is 15.5. The lowest BCUT2D eigenvalue weighted by Gasteiger charge is -2.42. The first-order chi connectivity index (χ1) is 8.94. The van der Waals surface area contributed by atoms with Gasteiger partial charge in [-0.3, -0.25) is 14.4 Å². The van der Waals surface area contributed by atoms with Gasteiger partial charge in [0.2, 0.25) is 0 Å². The van der Waals surface area contributed by atoms with E-state index in [9.17, 15) is 24.6 Å². The zero-order valence-corrected chi connectivity index (χ0v) is 12.2. The monoisotopic (exact) mass is 280 g/mol. The SMILES string of the molecule is CC1(O)CC(=O)C([C@@]2(C)[C@H](O)CC(=O)C2(C)C)=CC1=O. The van der Waals surface area contributed by atoms with Crippen LogP contribution in [0.1, 0.15) is 40.5 Å². The summed E-state index contributed by atoms with van der Waals surface area (Å²) in [7, 11) is 0. The maximum absolute atomic E-state index is 12.3. The van der Waals surface area contributed by atoms with E-state index in [1.54, 1.807) is 20.8 Å². The highest BCUT2D eigenvalue weighted by molar-refractivity contribution is 6.13.